The molecule has 2 aromatic rings. The van der Waals surface area contributed by atoms with Crippen LogP contribution in [0.5, 0.6) is 0 Å². The van der Waals surface area contributed by atoms with E-state index >= 15 is 0 Å². The van der Waals surface area contributed by atoms with E-state index in [1.807, 2.05) is 45.0 Å². The van der Waals surface area contributed by atoms with Gasteiger partial charge in [-0.05, 0) is 75.9 Å². The van der Waals surface area contributed by atoms with E-state index in [0.29, 0.717) is 17.9 Å². The average molecular weight is 405 g/mol. The molecule has 150 valence electrons. The van der Waals surface area contributed by atoms with Crippen LogP contribution in [0.25, 0.3) is 0 Å². The number of rotatable bonds is 6. The number of nitrogens with one attached hydrogen (secondary N) is 1. The van der Waals surface area contributed by atoms with Crippen molar-refractivity contribution < 1.29 is 14.0 Å². The second kappa shape index (κ2) is 9.69. The van der Waals surface area contributed by atoms with Crippen LogP contribution >= 0.6 is 11.6 Å². The first kappa shape index (κ1) is 21.9. The molecule has 0 spiro atoms. The van der Waals surface area contributed by atoms with E-state index in [2.05, 4.69) is 5.43 Å². The van der Waals surface area contributed by atoms with Crippen LogP contribution in [-0.4, -0.2) is 22.4 Å². The van der Waals surface area contributed by atoms with Crippen molar-refractivity contribution in [2.75, 3.05) is 0 Å². The molecule has 0 bridgehead atoms. The smallest absolute Gasteiger partial charge is 0.269 e. The van der Waals surface area contributed by atoms with Crippen molar-refractivity contribution in [3.63, 3.8) is 0 Å². The molecule has 2 aromatic carbocycles. The minimum Gasteiger partial charge on any atom is -0.273 e. The van der Waals surface area contributed by atoms with Crippen molar-refractivity contribution in [2.24, 2.45) is 0 Å². The number of carbonyl (C=O) groups is 2. The first-order valence-corrected chi connectivity index (χ1v) is 9.68. The Morgan fingerprint density at radius 2 is 1.75 bits per heavy atom. The summed E-state index contributed by atoms with van der Waals surface area (Å²) in [5, 5.41) is 2.04. The Labute approximate surface area is 170 Å². The molecule has 6 heteroatoms. The monoisotopic (exact) mass is 404 g/mol. The Balaban J connectivity index is 1.91. The van der Waals surface area contributed by atoms with Gasteiger partial charge in [-0.25, -0.2) is 9.40 Å². The molecule has 2 amide bonds. The normalized spacial score (nSPS) is 11.2. The summed E-state index contributed by atoms with van der Waals surface area (Å²) in [6.45, 7) is 5.51. The van der Waals surface area contributed by atoms with Gasteiger partial charge in [-0.1, -0.05) is 29.8 Å². The minimum atomic E-state index is -0.601. The minimum absolute atomic E-state index is 0.171. The summed E-state index contributed by atoms with van der Waals surface area (Å²) in [6, 6.07) is 13.0. The van der Waals surface area contributed by atoms with Crippen molar-refractivity contribution in [3.8, 4) is 0 Å². The van der Waals surface area contributed by atoms with Crippen LogP contribution in [0.4, 0.5) is 4.39 Å². The van der Waals surface area contributed by atoms with Crippen LogP contribution < -0.4 is 5.43 Å². The van der Waals surface area contributed by atoms with E-state index in [1.54, 1.807) is 0 Å². The van der Waals surface area contributed by atoms with E-state index in [1.165, 1.54) is 28.8 Å². The number of hydrogen-bond acceptors (Lipinski definition) is 2. The van der Waals surface area contributed by atoms with Crippen LogP contribution in [0.2, 0.25) is 5.02 Å². The second-order valence-electron chi connectivity index (χ2n) is 7.68. The van der Waals surface area contributed by atoms with Gasteiger partial charge in [0.05, 0.1) is 5.54 Å². The zero-order valence-corrected chi connectivity index (χ0v) is 17.2. The summed E-state index contributed by atoms with van der Waals surface area (Å²) in [5.41, 5.74) is 3.37. The lowest BCUT2D eigenvalue weighted by Gasteiger charge is -2.35. The van der Waals surface area contributed by atoms with Crippen molar-refractivity contribution in [2.45, 2.75) is 52.0 Å². The molecule has 0 aliphatic carbocycles. The molecule has 0 saturated heterocycles. The summed E-state index contributed by atoms with van der Waals surface area (Å²) in [6.07, 6.45) is 2.72. The van der Waals surface area contributed by atoms with Crippen LogP contribution in [0.1, 0.15) is 56.0 Å². The van der Waals surface area contributed by atoms with E-state index in [4.69, 9.17) is 11.6 Å². The predicted octanol–water partition coefficient (Wildman–Crippen LogP) is 5.16. The summed E-state index contributed by atoms with van der Waals surface area (Å²) in [5.74, 6) is -1.18. The Morgan fingerprint density at radius 1 is 1.07 bits per heavy atom. The van der Waals surface area contributed by atoms with Gasteiger partial charge in [0.1, 0.15) is 5.82 Å². The zero-order valence-electron chi connectivity index (χ0n) is 16.5. The highest BCUT2D eigenvalue weighted by atomic mass is 35.5. The Bertz CT molecular complexity index is 816. The molecule has 2 rings (SSSR count). The van der Waals surface area contributed by atoms with Gasteiger partial charge in [-0.3, -0.25) is 15.0 Å². The lowest BCUT2D eigenvalue weighted by atomic mass is 10.0. The van der Waals surface area contributed by atoms with Crippen molar-refractivity contribution in [1.29, 1.82) is 0 Å². The zero-order chi connectivity index (χ0) is 20.7. The van der Waals surface area contributed by atoms with E-state index < -0.39 is 17.3 Å². The molecule has 0 fully saturated rings. The molecule has 0 saturated carbocycles. The standard InChI is InChI=1S/C22H26ClFN2O2/c1-22(2,3)26(25-21(28)17-8-6-9-19(24)15-17)20(27)10-5-4-7-16-11-13-18(23)14-12-16/h6,8-9,11-15H,4-5,7,10H2,1-3H3,(H,25,28). The van der Waals surface area contributed by atoms with Gasteiger partial charge >= 0.3 is 0 Å². The molecule has 0 aromatic heterocycles. The second-order valence-corrected chi connectivity index (χ2v) is 8.12. The highest BCUT2D eigenvalue weighted by molar-refractivity contribution is 6.30. The molecule has 0 heterocycles. The van der Waals surface area contributed by atoms with Crippen LogP contribution in [0.15, 0.2) is 48.5 Å². The molecule has 28 heavy (non-hydrogen) atoms. The predicted molar refractivity (Wildman–Crippen MR) is 109 cm³/mol. The fraction of sp³-hybridized carbons (Fsp3) is 0.364. The molecule has 0 radical (unpaired) electrons. The summed E-state index contributed by atoms with van der Waals surface area (Å²) in [4.78, 5) is 25.1. The fourth-order valence-corrected chi connectivity index (χ4v) is 2.89. The Morgan fingerprint density at radius 3 is 2.36 bits per heavy atom. The van der Waals surface area contributed by atoms with Gasteiger partial charge in [0.15, 0.2) is 0 Å². The highest BCUT2D eigenvalue weighted by Gasteiger charge is 2.28. The molecular formula is C22H26ClFN2O2. The first-order chi connectivity index (χ1) is 13.2. The van der Waals surface area contributed by atoms with Gasteiger partial charge in [-0.2, -0.15) is 0 Å². The number of benzene rings is 2. The fourth-order valence-electron chi connectivity index (χ4n) is 2.77. The van der Waals surface area contributed by atoms with Crippen molar-refractivity contribution >= 4 is 23.4 Å². The van der Waals surface area contributed by atoms with Gasteiger partial charge < -0.3 is 0 Å². The number of unbranched alkanes of at least 4 members (excludes halogenated alkanes) is 1. The maximum atomic E-state index is 13.4. The highest BCUT2D eigenvalue weighted by Crippen LogP contribution is 2.16. The van der Waals surface area contributed by atoms with E-state index in [9.17, 15) is 14.0 Å². The number of aryl methyl sites for hydroxylation is 1. The number of carbonyl (C=O) groups excluding carboxylic acids is 2. The molecule has 4 nitrogen and oxygen atoms in total. The van der Waals surface area contributed by atoms with Gasteiger partial charge in [0, 0.05) is 17.0 Å². The number of hydrazine groups is 1. The SMILES string of the molecule is CC(C)(C)N(NC(=O)c1cccc(F)c1)C(=O)CCCCc1ccc(Cl)cc1. The lowest BCUT2D eigenvalue weighted by molar-refractivity contribution is -0.139. The average Bonchev–Trinajstić information content (AvgIpc) is 2.63. The molecule has 1 N–H and O–H groups in total. The number of amides is 2. The van der Waals surface area contributed by atoms with Gasteiger partial charge in [0.25, 0.3) is 5.91 Å². The Kier molecular flexibility index (Phi) is 7.58. The topological polar surface area (TPSA) is 49.4 Å². The molecule has 0 aliphatic heterocycles. The largest absolute Gasteiger partial charge is 0.273 e. The number of halogens is 2. The summed E-state index contributed by atoms with van der Waals surface area (Å²) < 4.78 is 13.4. The third-order valence-corrected chi connectivity index (χ3v) is 4.49. The van der Waals surface area contributed by atoms with Crippen LogP contribution in [0.3, 0.4) is 0 Å². The number of hydrogen-bond donors (Lipinski definition) is 1. The number of nitrogens with zero attached hydrogens (tertiary/aromatic N) is 1. The molecule has 0 aliphatic rings. The third-order valence-electron chi connectivity index (χ3n) is 4.24. The quantitative estimate of drug-likeness (QED) is 0.533. The van der Waals surface area contributed by atoms with Gasteiger partial charge in [0.2, 0.25) is 5.91 Å². The molecule has 0 unspecified atom stereocenters. The van der Waals surface area contributed by atoms with Crippen LogP contribution in [-0.2, 0) is 11.2 Å². The first-order valence-electron chi connectivity index (χ1n) is 9.31. The summed E-state index contributed by atoms with van der Waals surface area (Å²) >= 11 is 5.88. The van der Waals surface area contributed by atoms with E-state index in [-0.39, 0.29) is 11.5 Å². The van der Waals surface area contributed by atoms with E-state index in [0.717, 1.165) is 18.9 Å². The van der Waals surface area contributed by atoms with Crippen molar-refractivity contribution in [1.82, 2.24) is 10.4 Å². The van der Waals surface area contributed by atoms with Crippen molar-refractivity contribution in [3.05, 3.63) is 70.5 Å². The van der Waals surface area contributed by atoms with Gasteiger partial charge in [-0.15, -0.1) is 0 Å². The molecule has 0 atom stereocenters. The van der Waals surface area contributed by atoms with Crippen LogP contribution in [0, 0.1) is 5.82 Å². The summed E-state index contributed by atoms with van der Waals surface area (Å²) in [7, 11) is 0. The third kappa shape index (κ3) is 6.64. The maximum Gasteiger partial charge on any atom is 0.269 e. The molecular weight excluding hydrogens is 379 g/mol. The maximum absolute atomic E-state index is 13.4. The lowest BCUT2D eigenvalue weighted by Crippen LogP contribution is -2.55. The Hall–Kier alpha value is -2.40.